The van der Waals surface area contributed by atoms with E-state index in [1.54, 1.807) is 0 Å². The molecule has 6 nitrogen and oxygen atoms in total. The maximum Gasteiger partial charge on any atom is 0.227 e. The topological polar surface area (TPSA) is 94.9 Å². The molecular formula is C43H28N4O2. The fraction of sp³-hybridized carbons (Fsp3) is 0.0930. The summed E-state index contributed by atoms with van der Waals surface area (Å²) >= 11 is 0. The molecule has 1 aromatic heterocycles. The number of oxazole rings is 1. The first kappa shape index (κ1) is 28.6. The summed E-state index contributed by atoms with van der Waals surface area (Å²) in [6, 6.07) is 44.9. The van der Waals surface area contributed by atoms with Crippen molar-refractivity contribution in [3.05, 3.63) is 149 Å². The van der Waals surface area contributed by atoms with Crippen molar-refractivity contribution in [2.75, 3.05) is 5.32 Å². The monoisotopic (exact) mass is 632 g/mol. The second-order valence-electron chi connectivity index (χ2n) is 13.0. The van der Waals surface area contributed by atoms with E-state index in [-0.39, 0.29) is 5.41 Å². The van der Waals surface area contributed by atoms with Gasteiger partial charge in [-0.1, -0.05) is 80.6 Å². The molecular weight excluding hydrogens is 604 g/mol. The Morgan fingerprint density at radius 1 is 0.694 bits per heavy atom. The van der Waals surface area contributed by atoms with Crippen LogP contribution in [0.2, 0.25) is 0 Å². The van der Waals surface area contributed by atoms with Gasteiger partial charge in [-0.15, -0.1) is 0 Å². The summed E-state index contributed by atoms with van der Waals surface area (Å²) in [7, 11) is 0. The zero-order valence-electron chi connectivity index (χ0n) is 26.8. The fourth-order valence-corrected chi connectivity index (χ4v) is 7.43. The summed E-state index contributed by atoms with van der Waals surface area (Å²) in [4.78, 5) is 4.78. The highest BCUT2D eigenvalue weighted by molar-refractivity contribution is 5.90. The van der Waals surface area contributed by atoms with E-state index in [4.69, 9.17) is 14.1 Å². The normalized spacial score (nSPS) is 15.0. The summed E-state index contributed by atoms with van der Waals surface area (Å²) in [6.07, 6.45) is -0.500. The predicted molar refractivity (Wildman–Crippen MR) is 191 cm³/mol. The highest BCUT2D eigenvalue weighted by atomic mass is 16.5. The third-order valence-corrected chi connectivity index (χ3v) is 9.84. The minimum Gasteiger partial charge on any atom is -0.464 e. The summed E-state index contributed by atoms with van der Waals surface area (Å²) in [5.41, 5.74) is 12.3. The van der Waals surface area contributed by atoms with Crippen LogP contribution in [0.25, 0.3) is 55.9 Å². The molecule has 1 atom stereocenters. The van der Waals surface area contributed by atoms with Gasteiger partial charge in [-0.2, -0.15) is 10.5 Å². The van der Waals surface area contributed by atoms with Crippen molar-refractivity contribution in [2.45, 2.75) is 25.5 Å². The van der Waals surface area contributed by atoms with Crippen molar-refractivity contribution in [1.82, 2.24) is 4.98 Å². The van der Waals surface area contributed by atoms with Crippen molar-refractivity contribution in [2.24, 2.45) is 0 Å². The van der Waals surface area contributed by atoms with Gasteiger partial charge in [0.25, 0.3) is 0 Å². The fourth-order valence-electron chi connectivity index (χ4n) is 7.43. The molecule has 1 aliphatic heterocycles. The van der Waals surface area contributed by atoms with Crippen LogP contribution < -0.4 is 10.1 Å². The van der Waals surface area contributed by atoms with Crippen LogP contribution in [0.3, 0.4) is 0 Å². The number of nitriles is 2. The average molecular weight is 633 g/mol. The van der Waals surface area contributed by atoms with Gasteiger partial charge in [0.15, 0.2) is 11.8 Å². The molecule has 0 amide bonds. The van der Waals surface area contributed by atoms with E-state index < -0.39 is 6.23 Å². The molecule has 1 N–H and O–H groups in total. The number of nitrogens with one attached hydrogen (secondary N) is 1. The van der Waals surface area contributed by atoms with Gasteiger partial charge in [0.05, 0.1) is 22.9 Å². The molecule has 0 fully saturated rings. The van der Waals surface area contributed by atoms with E-state index in [9.17, 15) is 10.5 Å². The van der Waals surface area contributed by atoms with Crippen molar-refractivity contribution in [1.29, 1.82) is 10.5 Å². The van der Waals surface area contributed by atoms with Gasteiger partial charge in [0.2, 0.25) is 5.89 Å². The van der Waals surface area contributed by atoms with Gasteiger partial charge in [-0.25, -0.2) is 4.98 Å². The van der Waals surface area contributed by atoms with Gasteiger partial charge in [0.1, 0.15) is 17.3 Å². The van der Waals surface area contributed by atoms with Crippen molar-refractivity contribution < 1.29 is 9.15 Å². The molecule has 7 aromatic rings. The van der Waals surface area contributed by atoms with Gasteiger partial charge >= 0.3 is 0 Å². The molecule has 2 aliphatic rings. The molecule has 0 spiro atoms. The standard InChI is InChI=1S/C43H28N4O2/c1-43(2)34-10-4-3-9-31(34)32-18-15-25(22-35(32)43)30-17-16-26(23-44)40(33(30)24-45)27-19-28(41-46-36-11-5-7-13-38(36)48-41)21-29(20-27)42-47-37-12-6-8-14-39(37)49-42/h3-22,41,46H,1-2H3. The zero-order chi connectivity index (χ0) is 33.3. The van der Waals surface area contributed by atoms with Crippen molar-refractivity contribution >= 4 is 16.8 Å². The number of ether oxygens (including phenoxy) is 1. The molecule has 1 aliphatic carbocycles. The SMILES string of the molecule is CC1(C)c2ccccc2-c2ccc(-c3ccc(C#N)c(-c4cc(-c5nc6ccccc6o5)cc(C5Nc6ccccc6O5)c4)c3C#N)cc21. The lowest BCUT2D eigenvalue weighted by molar-refractivity contribution is 0.260. The molecule has 2 heterocycles. The van der Waals surface area contributed by atoms with Gasteiger partial charge in [-0.3, -0.25) is 0 Å². The molecule has 0 bridgehead atoms. The number of nitrogens with zero attached hydrogens (tertiary/aromatic N) is 3. The Bertz CT molecular complexity index is 2530. The number of benzene rings is 6. The Kier molecular flexibility index (Phi) is 6.24. The molecule has 0 radical (unpaired) electrons. The molecule has 0 saturated carbocycles. The van der Waals surface area contributed by atoms with E-state index in [0.717, 1.165) is 33.6 Å². The average Bonchev–Trinajstić information content (AvgIpc) is 3.84. The summed E-state index contributed by atoms with van der Waals surface area (Å²) < 4.78 is 12.6. The van der Waals surface area contributed by atoms with Crippen molar-refractivity contribution in [3.8, 4) is 62.7 Å². The van der Waals surface area contributed by atoms with Crippen LogP contribution >= 0.6 is 0 Å². The van der Waals surface area contributed by atoms with E-state index in [1.807, 2.05) is 78.9 Å². The molecule has 6 aromatic carbocycles. The molecule has 49 heavy (non-hydrogen) atoms. The number of hydrogen-bond acceptors (Lipinski definition) is 6. The second kappa shape index (κ2) is 10.7. The van der Waals surface area contributed by atoms with Crippen LogP contribution in [0.4, 0.5) is 5.69 Å². The van der Waals surface area contributed by atoms with Gasteiger partial charge in [-0.05, 0) is 88.0 Å². The van der Waals surface area contributed by atoms with E-state index in [2.05, 4.69) is 73.8 Å². The number of fused-ring (bicyclic) bond motifs is 5. The number of hydrogen-bond donors (Lipinski definition) is 1. The first-order chi connectivity index (χ1) is 23.9. The molecule has 1 unspecified atom stereocenters. The van der Waals surface area contributed by atoms with Crippen LogP contribution in [0.5, 0.6) is 5.75 Å². The van der Waals surface area contributed by atoms with Crippen LogP contribution in [0.1, 0.15) is 47.9 Å². The summed E-state index contributed by atoms with van der Waals surface area (Å²) in [5, 5.41) is 24.7. The van der Waals surface area contributed by atoms with E-state index >= 15 is 0 Å². The number of rotatable bonds is 4. The second-order valence-corrected chi connectivity index (χ2v) is 13.0. The Morgan fingerprint density at radius 2 is 1.45 bits per heavy atom. The number of anilines is 1. The highest BCUT2D eigenvalue weighted by Gasteiger charge is 2.35. The van der Waals surface area contributed by atoms with Gasteiger partial charge in [0, 0.05) is 27.7 Å². The van der Waals surface area contributed by atoms with E-state index in [1.165, 1.54) is 22.3 Å². The molecule has 0 saturated heterocycles. The number of para-hydroxylation sites is 4. The smallest absolute Gasteiger partial charge is 0.227 e. The first-order valence-electron chi connectivity index (χ1n) is 16.2. The summed E-state index contributed by atoms with van der Waals surface area (Å²) in [5.74, 6) is 1.19. The summed E-state index contributed by atoms with van der Waals surface area (Å²) in [6.45, 7) is 4.49. The Hall–Kier alpha value is -6.63. The van der Waals surface area contributed by atoms with Crippen LogP contribution in [0.15, 0.2) is 126 Å². The molecule has 232 valence electrons. The minimum absolute atomic E-state index is 0.196. The molecule has 6 heteroatoms. The third kappa shape index (κ3) is 4.43. The Morgan fingerprint density at radius 3 is 2.29 bits per heavy atom. The lowest BCUT2D eigenvalue weighted by atomic mass is 9.81. The minimum atomic E-state index is -0.500. The predicted octanol–water partition coefficient (Wildman–Crippen LogP) is 10.4. The third-order valence-electron chi connectivity index (χ3n) is 9.84. The lowest BCUT2D eigenvalue weighted by Crippen LogP contribution is -2.14. The molecule has 9 rings (SSSR count). The Labute approximate surface area is 283 Å². The van der Waals surface area contributed by atoms with Crippen LogP contribution in [0, 0.1) is 22.7 Å². The lowest BCUT2D eigenvalue weighted by Gasteiger charge is -2.22. The quantitative estimate of drug-likeness (QED) is 0.207. The van der Waals surface area contributed by atoms with Crippen LogP contribution in [-0.4, -0.2) is 4.98 Å². The number of aromatic nitrogens is 1. The largest absolute Gasteiger partial charge is 0.464 e. The Balaban J connectivity index is 1.23. The van der Waals surface area contributed by atoms with E-state index in [0.29, 0.717) is 39.3 Å². The maximum atomic E-state index is 10.8. The first-order valence-corrected chi connectivity index (χ1v) is 16.2. The van der Waals surface area contributed by atoms with Crippen LogP contribution in [-0.2, 0) is 5.41 Å². The van der Waals surface area contributed by atoms with Gasteiger partial charge < -0.3 is 14.5 Å². The maximum absolute atomic E-state index is 10.8. The highest BCUT2D eigenvalue weighted by Crippen LogP contribution is 2.50. The van der Waals surface area contributed by atoms with Crippen molar-refractivity contribution in [3.63, 3.8) is 0 Å². The zero-order valence-corrected chi connectivity index (χ0v) is 26.8.